The van der Waals surface area contributed by atoms with Gasteiger partial charge in [-0.2, -0.15) is 0 Å². The van der Waals surface area contributed by atoms with Gasteiger partial charge >= 0.3 is 12.0 Å². The minimum Gasteiger partial charge on any atom is -0.478 e. The number of benzene rings is 1. The summed E-state index contributed by atoms with van der Waals surface area (Å²) in [6, 6.07) is 3.68. The van der Waals surface area contributed by atoms with Crippen LogP contribution in [0.1, 0.15) is 20.9 Å². The number of thiazole rings is 1. The van der Waals surface area contributed by atoms with E-state index in [1.54, 1.807) is 5.51 Å². The van der Waals surface area contributed by atoms with Gasteiger partial charge in [0.25, 0.3) is 0 Å². The van der Waals surface area contributed by atoms with Gasteiger partial charge in [0.05, 0.1) is 34.0 Å². The number of aromatic nitrogens is 1. The number of carbonyl (C=O) groups excluding carboxylic acids is 1. The summed E-state index contributed by atoms with van der Waals surface area (Å²) in [5.74, 6) is -1.08. The number of carbonyl (C=O) groups is 2. The summed E-state index contributed by atoms with van der Waals surface area (Å²) in [5.41, 5.74) is 3.00. The first-order chi connectivity index (χ1) is 9.97. The number of halogens is 1. The number of nitrogens with zero attached hydrogens (tertiary/aromatic N) is 1. The zero-order chi connectivity index (χ0) is 15.4. The quantitative estimate of drug-likeness (QED) is 0.805. The van der Waals surface area contributed by atoms with Crippen molar-refractivity contribution in [2.45, 2.75) is 13.5 Å². The Kier molecular flexibility index (Phi) is 4.77. The van der Waals surface area contributed by atoms with E-state index in [2.05, 4.69) is 15.6 Å². The first-order valence-electron chi connectivity index (χ1n) is 5.94. The summed E-state index contributed by atoms with van der Waals surface area (Å²) in [6.45, 7) is 2.24. The molecule has 1 aromatic heterocycles. The molecule has 2 rings (SSSR count). The number of amides is 2. The Balaban J connectivity index is 1.96. The van der Waals surface area contributed by atoms with E-state index in [9.17, 15) is 9.59 Å². The first kappa shape index (κ1) is 15.3. The molecule has 0 aliphatic carbocycles. The van der Waals surface area contributed by atoms with Crippen LogP contribution in [0.4, 0.5) is 10.5 Å². The van der Waals surface area contributed by atoms with Crippen molar-refractivity contribution in [1.82, 2.24) is 10.3 Å². The number of carboxylic acid groups (broad SMARTS) is 1. The highest BCUT2D eigenvalue weighted by Gasteiger charge is 2.10. The number of aryl methyl sites for hydroxylation is 1. The normalized spacial score (nSPS) is 10.2. The molecular weight excluding hydrogens is 314 g/mol. The average molecular weight is 326 g/mol. The summed E-state index contributed by atoms with van der Waals surface area (Å²) in [6.07, 6.45) is 0. The molecule has 0 spiro atoms. The highest BCUT2D eigenvalue weighted by atomic mass is 35.5. The Hall–Kier alpha value is -2.12. The van der Waals surface area contributed by atoms with Gasteiger partial charge in [0.15, 0.2) is 0 Å². The molecule has 0 radical (unpaired) electrons. The number of hydrogen-bond donors (Lipinski definition) is 3. The summed E-state index contributed by atoms with van der Waals surface area (Å²) < 4.78 is 0. The molecule has 0 bridgehead atoms. The Bertz CT molecular complexity index is 687. The molecule has 8 heteroatoms. The Labute approximate surface area is 129 Å². The minimum absolute atomic E-state index is 0.0613. The van der Waals surface area contributed by atoms with Crippen LogP contribution in [0.25, 0.3) is 0 Å². The maximum Gasteiger partial charge on any atom is 0.335 e. The number of hydrogen-bond acceptors (Lipinski definition) is 4. The molecule has 6 nitrogen and oxygen atoms in total. The van der Waals surface area contributed by atoms with Crippen molar-refractivity contribution in [3.05, 3.63) is 44.9 Å². The Morgan fingerprint density at radius 2 is 2.19 bits per heavy atom. The number of aromatic carboxylic acids is 1. The van der Waals surface area contributed by atoms with E-state index < -0.39 is 12.0 Å². The van der Waals surface area contributed by atoms with Crippen molar-refractivity contribution in [3.63, 3.8) is 0 Å². The number of nitrogens with one attached hydrogen (secondary N) is 2. The second-order valence-electron chi connectivity index (χ2n) is 4.17. The van der Waals surface area contributed by atoms with Crippen molar-refractivity contribution in [2.24, 2.45) is 0 Å². The lowest BCUT2D eigenvalue weighted by Crippen LogP contribution is -2.28. The molecular formula is C13H12ClN3O3S. The van der Waals surface area contributed by atoms with Crippen LogP contribution in [0.3, 0.4) is 0 Å². The topological polar surface area (TPSA) is 91.3 Å². The maximum absolute atomic E-state index is 11.8. The molecule has 2 aromatic rings. The fraction of sp³-hybridized carbons (Fsp3) is 0.154. The predicted octanol–water partition coefficient (Wildman–Crippen LogP) is 3.12. The summed E-state index contributed by atoms with van der Waals surface area (Å²) >= 11 is 7.39. The molecule has 0 atom stereocenters. The van der Waals surface area contributed by atoms with Crippen LogP contribution in [0, 0.1) is 6.92 Å². The third kappa shape index (κ3) is 3.93. The van der Waals surface area contributed by atoms with Crippen LogP contribution in [-0.2, 0) is 6.54 Å². The Morgan fingerprint density at radius 3 is 2.76 bits per heavy atom. The van der Waals surface area contributed by atoms with Crippen molar-refractivity contribution in [3.8, 4) is 0 Å². The number of carboxylic acids is 1. The number of urea groups is 1. The van der Waals surface area contributed by atoms with Crippen LogP contribution in [0.2, 0.25) is 5.02 Å². The lowest BCUT2D eigenvalue weighted by Gasteiger charge is -2.09. The van der Waals surface area contributed by atoms with E-state index in [-0.39, 0.29) is 10.6 Å². The third-order valence-electron chi connectivity index (χ3n) is 2.72. The zero-order valence-corrected chi connectivity index (χ0v) is 12.6. The summed E-state index contributed by atoms with van der Waals surface area (Å²) in [7, 11) is 0. The van der Waals surface area contributed by atoms with Crippen molar-refractivity contribution >= 4 is 40.6 Å². The molecule has 21 heavy (non-hydrogen) atoms. The van der Waals surface area contributed by atoms with Gasteiger partial charge in [-0.1, -0.05) is 11.6 Å². The van der Waals surface area contributed by atoms with Gasteiger partial charge in [0.2, 0.25) is 0 Å². The second kappa shape index (κ2) is 6.55. The molecule has 2 amide bonds. The lowest BCUT2D eigenvalue weighted by atomic mass is 10.2. The van der Waals surface area contributed by atoms with Gasteiger partial charge in [-0.3, -0.25) is 0 Å². The van der Waals surface area contributed by atoms with E-state index in [1.807, 2.05) is 6.92 Å². The van der Waals surface area contributed by atoms with Gasteiger partial charge in [-0.25, -0.2) is 14.6 Å². The molecule has 0 aliphatic rings. The van der Waals surface area contributed by atoms with Crippen molar-refractivity contribution < 1.29 is 14.7 Å². The minimum atomic E-state index is -1.08. The lowest BCUT2D eigenvalue weighted by molar-refractivity contribution is 0.0697. The average Bonchev–Trinajstić information content (AvgIpc) is 2.84. The predicted molar refractivity (Wildman–Crippen MR) is 81.1 cm³/mol. The molecule has 0 saturated carbocycles. The van der Waals surface area contributed by atoms with E-state index in [0.29, 0.717) is 12.2 Å². The molecule has 0 aliphatic heterocycles. The fourth-order valence-electron chi connectivity index (χ4n) is 1.57. The molecule has 0 fully saturated rings. The van der Waals surface area contributed by atoms with Gasteiger partial charge < -0.3 is 15.7 Å². The van der Waals surface area contributed by atoms with E-state index in [4.69, 9.17) is 16.7 Å². The smallest absolute Gasteiger partial charge is 0.335 e. The first-order valence-corrected chi connectivity index (χ1v) is 7.20. The molecule has 0 saturated heterocycles. The van der Waals surface area contributed by atoms with Gasteiger partial charge in [-0.15, -0.1) is 11.3 Å². The van der Waals surface area contributed by atoms with Gasteiger partial charge in [-0.05, 0) is 25.1 Å². The third-order valence-corrected chi connectivity index (χ3v) is 3.97. The fourth-order valence-corrected chi connectivity index (χ4v) is 2.52. The highest BCUT2D eigenvalue weighted by molar-refractivity contribution is 7.09. The molecule has 1 aromatic carbocycles. The molecule has 0 unspecified atom stereocenters. The molecule has 110 valence electrons. The number of anilines is 1. The van der Waals surface area contributed by atoms with E-state index >= 15 is 0 Å². The monoisotopic (exact) mass is 325 g/mol. The van der Waals surface area contributed by atoms with Crippen LogP contribution < -0.4 is 10.6 Å². The van der Waals surface area contributed by atoms with E-state index in [1.165, 1.54) is 29.5 Å². The summed E-state index contributed by atoms with van der Waals surface area (Å²) in [4.78, 5) is 27.6. The molecule has 1 heterocycles. The second-order valence-corrected chi connectivity index (χ2v) is 5.51. The van der Waals surface area contributed by atoms with Crippen LogP contribution in [0.5, 0.6) is 0 Å². The standard InChI is InChI=1S/C13H12ClN3O3S/c1-7-11(21-6-16-7)5-15-13(20)17-10-3-2-8(12(18)19)4-9(10)14/h2-4,6H,5H2,1H3,(H,18,19)(H2,15,17,20). The van der Waals surface area contributed by atoms with Crippen LogP contribution in [-0.4, -0.2) is 22.1 Å². The zero-order valence-electron chi connectivity index (χ0n) is 11.0. The van der Waals surface area contributed by atoms with Crippen molar-refractivity contribution in [1.29, 1.82) is 0 Å². The van der Waals surface area contributed by atoms with Gasteiger partial charge in [0.1, 0.15) is 0 Å². The van der Waals surface area contributed by atoms with E-state index in [0.717, 1.165) is 10.6 Å². The Morgan fingerprint density at radius 1 is 1.43 bits per heavy atom. The highest BCUT2D eigenvalue weighted by Crippen LogP contribution is 2.23. The van der Waals surface area contributed by atoms with Crippen LogP contribution in [0.15, 0.2) is 23.7 Å². The maximum atomic E-state index is 11.8. The molecule has 3 N–H and O–H groups in total. The van der Waals surface area contributed by atoms with Gasteiger partial charge in [0, 0.05) is 4.88 Å². The SMILES string of the molecule is Cc1ncsc1CNC(=O)Nc1ccc(C(=O)O)cc1Cl. The summed E-state index contributed by atoms with van der Waals surface area (Å²) in [5, 5.41) is 14.3. The van der Waals surface area contributed by atoms with Crippen molar-refractivity contribution in [2.75, 3.05) is 5.32 Å². The number of rotatable bonds is 4. The largest absolute Gasteiger partial charge is 0.478 e. The van der Waals surface area contributed by atoms with Crippen LogP contribution >= 0.6 is 22.9 Å².